The number of anilines is 1. The van der Waals surface area contributed by atoms with Gasteiger partial charge in [0.2, 0.25) is 0 Å². The summed E-state index contributed by atoms with van der Waals surface area (Å²) in [5.41, 5.74) is 8.41. The number of hydrogen-bond acceptors (Lipinski definition) is 2. The molecule has 2 aromatic rings. The molecule has 26 heavy (non-hydrogen) atoms. The molecule has 2 rings (SSSR count). The standard InChI is InChI=1S/C18H20Cl2N4O.HI/c1-2-12-3-6-14(7-4-12)24-18(21)23-10-9-22-17(25)13-5-8-15(19)16(20)11-13;/h3-8,11H,2,9-10H2,1H3,(H,22,25)(H3,21,23,24);1H. The second-order valence-corrected chi connectivity index (χ2v) is 6.14. The fourth-order valence-corrected chi connectivity index (χ4v) is 2.39. The van der Waals surface area contributed by atoms with Crippen molar-refractivity contribution in [3.63, 3.8) is 0 Å². The smallest absolute Gasteiger partial charge is 0.251 e. The summed E-state index contributed by atoms with van der Waals surface area (Å²) in [4.78, 5) is 16.2. The Morgan fingerprint density at radius 3 is 2.42 bits per heavy atom. The van der Waals surface area contributed by atoms with Crippen molar-refractivity contribution in [2.75, 3.05) is 18.4 Å². The second-order valence-electron chi connectivity index (χ2n) is 5.33. The number of carbonyl (C=O) groups excluding carboxylic acids is 1. The number of halogens is 3. The van der Waals surface area contributed by atoms with Crippen LogP contribution in [-0.4, -0.2) is 25.0 Å². The Labute approximate surface area is 180 Å². The van der Waals surface area contributed by atoms with E-state index in [9.17, 15) is 4.79 Å². The van der Waals surface area contributed by atoms with Gasteiger partial charge in [0.05, 0.1) is 16.6 Å². The first-order chi connectivity index (χ1) is 12.0. The molecule has 0 atom stereocenters. The molecule has 0 saturated carbocycles. The van der Waals surface area contributed by atoms with Crippen LogP contribution in [0, 0.1) is 0 Å². The van der Waals surface area contributed by atoms with E-state index in [-0.39, 0.29) is 29.9 Å². The number of aryl methyl sites for hydroxylation is 1. The average Bonchev–Trinajstić information content (AvgIpc) is 2.61. The van der Waals surface area contributed by atoms with Crippen LogP contribution in [-0.2, 0) is 6.42 Å². The van der Waals surface area contributed by atoms with Crippen LogP contribution < -0.4 is 16.4 Å². The maximum Gasteiger partial charge on any atom is 0.251 e. The zero-order valence-electron chi connectivity index (χ0n) is 14.3. The molecule has 0 bridgehead atoms. The maximum atomic E-state index is 12.0. The van der Waals surface area contributed by atoms with E-state index in [0.29, 0.717) is 34.7 Å². The van der Waals surface area contributed by atoms with Crippen LogP contribution in [0.4, 0.5) is 5.69 Å². The van der Waals surface area contributed by atoms with Crippen molar-refractivity contribution < 1.29 is 4.79 Å². The molecule has 140 valence electrons. The molecule has 0 heterocycles. The van der Waals surface area contributed by atoms with E-state index in [2.05, 4.69) is 22.5 Å². The van der Waals surface area contributed by atoms with Gasteiger partial charge in [-0.15, -0.1) is 24.0 Å². The highest BCUT2D eigenvalue weighted by Crippen LogP contribution is 2.22. The summed E-state index contributed by atoms with van der Waals surface area (Å²) in [5.74, 6) is 0.0588. The molecule has 0 unspecified atom stereocenters. The van der Waals surface area contributed by atoms with Crippen molar-refractivity contribution in [1.29, 1.82) is 0 Å². The molecular formula is C18H21Cl2IN4O. The molecule has 0 aliphatic carbocycles. The number of nitrogens with zero attached hydrogens (tertiary/aromatic N) is 1. The Bertz CT molecular complexity index is 766. The number of carbonyl (C=O) groups is 1. The number of nitrogens with two attached hydrogens (primary N) is 1. The van der Waals surface area contributed by atoms with E-state index in [1.807, 2.05) is 24.3 Å². The lowest BCUT2D eigenvalue weighted by Crippen LogP contribution is -2.28. The van der Waals surface area contributed by atoms with E-state index in [1.165, 1.54) is 11.6 Å². The molecule has 1 amide bonds. The Morgan fingerprint density at radius 1 is 1.12 bits per heavy atom. The number of hydrogen-bond donors (Lipinski definition) is 3. The lowest BCUT2D eigenvalue weighted by Gasteiger charge is -2.07. The predicted octanol–water partition coefficient (Wildman–Crippen LogP) is 4.33. The number of rotatable bonds is 6. The van der Waals surface area contributed by atoms with Crippen LogP contribution in [0.5, 0.6) is 0 Å². The quantitative estimate of drug-likeness (QED) is 0.236. The summed E-state index contributed by atoms with van der Waals surface area (Å²) >= 11 is 11.7. The van der Waals surface area contributed by atoms with Gasteiger partial charge in [0, 0.05) is 17.8 Å². The lowest BCUT2D eigenvalue weighted by atomic mass is 10.1. The van der Waals surface area contributed by atoms with Crippen LogP contribution in [0.3, 0.4) is 0 Å². The van der Waals surface area contributed by atoms with E-state index in [4.69, 9.17) is 28.9 Å². The first-order valence-electron chi connectivity index (χ1n) is 7.88. The zero-order chi connectivity index (χ0) is 18.2. The molecule has 0 aromatic heterocycles. The largest absolute Gasteiger partial charge is 0.370 e. The fourth-order valence-electron chi connectivity index (χ4n) is 2.10. The molecule has 0 fully saturated rings. The van der Waals surface area contributed by atoms with Gasteiger partial charge in [0.1, 0.15) is 0 Å². The molecule has 2 aromatic carbocycles. The minimum atomic E-state index is -0.240. The zero-order valence-corrected chi connectivity index (χ0v) is 18.1. The summed E-state index contributed by atoms with van der Waals surface area (Å²) in [6.45, 7) is 2.82. The third-order valence-electron chi connectivity index (χ3n) is 3.50. The number of aliphatic imine (C=N–C) groups is 1. The van der Waals surface area contributed by atoms with Crippen molar-refractivity contribution in [3.05, 3.63) is 63.6 Å². The third kappa shape index (κ3) is 7.01. The highest BCUT2D eigenvalue weighted by molar-refractivity contribution is 14.0. The summed E-state index contributed by atoms with van der Waals surface area (Å²) < 4.78 is 0. The molecule has 4 N–H and O–H groups in total. The van der Waals surface area contributed by atoms with E-state index in [0.717, 1.165) is 12.1 Å². The number of amides is 1. The Kier molecular flexibility index (Phi) is 9.75. The number of benzene rings is 2. The van der Waals surface area contributed by atoms with Gasteiger partial charge in [-0.2, -0.15) is 0 Å². The van der Waals surface area contributed by atoms with Gasteiger partial charge in [-0.05, 0) is 42.3 Å². The van der Waals surface area contributed by atoms with Crippen LogP contribution in [0.25, 0.3) is 0 Å². The Hall–Kier alpha value is -1.51. The van der Waals surface area contributed by atoms with E-state index in [1.54, 1.807) is 12.1 Å². The number of nitrogens with one attached hydrogen (secondary N) is 2. The molecule has 5 nitrogen and oxygen atoms in total. The van der Waals surface area contributed by atoms with Crippen LogP contribution >= 0.6 is 47.2 Å². The van der Waals surface area contributed by atoms with Gasteiger partial charge >= 0.3 is 0 Å². The summed E-state index contributed by atoms with van der Waals surface area (Å²) in [6, 6.07) is 12.7. The monoisotopic (exact) mass is 506 g/mol. The van der Waals surface area contributed by atoms with Gasteiger partial charge in [0.15, 0.2) is 5.96 Å². The first kappa shape index (κ1) is 22.5. The topological polar surface area (TPSA) is 79.5 Å². The van der Waals surface area contributed by atoms with Crippen LogP contribution in [0.1, 0.15) is 22.8 Å². The first-order valence-corrected chi connectivity index (χ1v) is 8.64. The van der Waals surface area contributed by atoms with Gasteiger partial charge in [-0.25, -0.2) is 0 Å². The van der Waals surface area contributed by atoms with Gasteiger partial charge in [0.25, 0.3) is 5.91 Å². The molecule has 0 radical (unpaired) electrons. The maximum absolute atomic E-state index is 12.0. The molecule has 0 aliphatic rings. The second kappa shape index (κ2) is 11.3. The fraction of sp³-hybridized carbons (Fsp3) is 0.222. The predicted molar refractivity (Wildman–Crippen MR) is 120 cm³/mol. The normalized spacial score (nSPS) is 10.8. The Balaban J connectivity index is 0.00000338. The lowest BCUT2D eigenvalue weighted by molar-refractivity contribution is 0.0955. The minimum absolute atomic E-state index is 0. The average molecular weight is 507 g/mol. The van der Waals surface area contributed by atoms with Crippen molar-refractivity contribution in [2.45, 2.75) is 13.3 Å². The summed E-state index contributed by atoms with van der Waals surface area (Å²) in [6.07, 6.45) is 0.988. The molecule has 8 heteroatoms. The SMILES string of the molecule is CCc1ccc(NC(N)=NCCNC(=O)c2ccc(Cl)c(Cl)c2)cc1.I. The molecule has 0 saturated heterocycles. The summed E-state index contributed by atoms with van der Waals surface area (Å²) in [5, 5.41) is 6.51. The van der Waals surface area contributed by atoms with E-state index < -0.39 is 0 Å². The Morgan fingerprint density at radius 2 is 1.81 bits per heavy atom. The highest BCUT2D eigenvalue weighted by atomic mass is 127. The van der Waals surface area contributed by atoms with Crippen LogP contribution in [0.2, 0.25) is 10.0 Å². The molecule has 0 aliphatic heterocycles. The van der Waals surface area contributed by atoms with Crippen molar-refractivity contribution >= 4 is 64.7 Å². The van der Waals surface area contributed by atoms with Crippen molar-refractivity contribution in [3.8, 4) is 0 Å². The highest BCUT2D eigenvalue weighted by Gasteiger charge is 2.07. The summed E-state index contributed by atoms with van der Waals surface area (Å²) in [7, 11) is 0. The third-order valence-corrected chi connectivity index (χ3v) is 4.23. The molecular weight excluding hydrogens is 486 g/mol. The number of guanidine groups is 1. The van der Waals surface area contributed by atoms with Gasteiger partial charge in [-0.3, -0.25) is 9.79 Å². The van der Waals surface area contributed by atoms with E-state index >= 15 is 0 Å². The van der Waals surface area contributed by atoms with Crippen molar-refractivity contribution in [2.24, 2.45) is 10.7 Å². The van der Waals surface area contributed by atoms with Gasteiger partial charge < -0.3 is 16.4 Å². The minimum Gasteiger partial charge on any atom is -0.370 e. The van der Waals surface area contributed by atoms with Crippen LogP contribution in [0.15, 0.2) is 47.5 Å². The molecule has 0 spiro atoms. The van der Waals surface area contributed by atoms with Crippen molar-refractivity contribution in [1.82, 2.24) is 5.32 Å². The van der Waals surface area contributed by atoms with Gasteiger partial charge in [-0.1, -0.05) is 42.3 Å².